The monoisotopic (exact) mass is 377 g/mol. The highest BCUT2D eigenvalue weighted by Gasteiger charge is 2.28. The molecule has 5 nitrogen and oxygen atoms in total. The molecule has 25 heavy (non-hydrogen) atoms. The largest absolute Gasteiger partial charge is 0.457 e. The quantitative estimate of drug-likeness (QED) is 0.828. The van der Waals surface area contributed by atoms with E-state index in [1.165, 1.54) is 6.07 Å². The molecule has 2 aromatic rings. The zero-order valence-corrected chi connectivity index (χ0v) is 15.0. The Kier molecular flexibility index (Phi) is 4.69. The van der Waals surface area contributed by atoms with Crippen molar-refractivity contribution in [3.05, 3.63) is 64.2 Å². The summed E-state index contributed by atoms with van der Waals surface area (Å²) in [6, 6.07) is 12.0. The Morgan fingerprint density at radius 3 is 2.32 bits per heavy atom. The second-order valence-corrected chi connectivity index (χ2v) is 8.14. The van der Waals surface area contributed by atoms with Crippen LogP contribution in [0.1, 0.15) is 16.7 Å². The number of ether oxygens (including phenoxy) is 1. The molecule has 0 radical (unpaired) electrons. The maximum Gasteiger partial charge on any atom is 0.339 e. The van der Waals surface area contributed by atoms with E-state index in [4.69, 9.17) is 22.1 Å². The van der Waals surface area contributed by atoms with Gasteiger partial charge in [0.05, 0.1) is 15.5 Å². The lowest BCUT2D eigenvalue weighted by Crippen LogP contribution is -2.00. The molecule has 2 aromatic carbocycles. The van der Waals surface area contributed by atoms with E-state index < -0.39 is 15.8 Å². The summed E-state index contributed by atoms with van der Waals surface area (Å²) in [6.45, 7) is 0.528. The standard InChI is InChI=1S/C18H16ClNO4S/c1-25(22,23)16-7-6-13(8-15(16)19)14-10-24-18(21)17(14)12-4-2-11(9-20)3-5-12/h2-8H,9-10,20H2,1H3. The van der Waals surface area contributed by atoms with Crippen molar-refractivity contribution in [3.8, 4) is 0 Å². The van der Waals surface area contributed by atoms with Gasteiger partial charge in [-0.1, -0.05) is 41.9 Å². The predicted molar refractivity (Wildman–Crippen MR) is 96.7 cm³/mol. The van der Waals surface area contributed by atoms with Crippen molar-refractivity contribution in [1.82, 2.24) is 0 Å². The van der Waals surface area contributed by atoms with Gasteiger partial charge in [0.2, 0.25) is 0 Å². The molecule has 0 atom stereocenters. The van der Waals surface area contributed by atoms with Crippen molar-refractivity contribution in [2.75, 3.05) is 12.9 Å². The van der Waals surface area contributed by atoms with Crippen LogP contribution in [-0.4, -0.2) is 27.2 Å². The molecule has 0 aliphatic carbocycles. The van der Waals surface area contributed by atoms with Crippen molar-refractivity contribution in [2.24, 2.45) is 5.73 Å². The lowest BCUT2D eigenvalue weighted by atomic mass is 9.96. The first-order valence-electron chi connectivity index (χ1n) is 7.51. The zero-order valence-electron chi connectivity index (χ0n) is 13.5. The number of sulfone groups is 1. The van der Waals surface area contributed by atoms with Gasteiger partial charge in [-0.25, -0.2) is 13.2 Å². The smallest absolute Gasteiger partial charge is 0.339 e. The third-order valence-electron chi connectivity index (χ3n) is 4.01. The highest BCUT2D eigenvalue weighted by molar-refractivity contribution is 7.90. The van der Waals surface area contributed by atoms with E-state index in [1.54, 1.807) is 12.1 Å². The van der Waals surface area contributed by atoms with Crippen molar-refractivity contribution in [2.45, 2.75) is 11.4 Å². The van der Waals surface area contributed by atoms with Crippen molar-refractivity contribution >= 4 is 38.6 Å². The number of carbonyl (C=O) groups is 1. The van der Waals surface area contributed by atoms with Crippen LogP contribution in [0.4, 0.5) is 0 Å². The van der Waals surface area contributed by atoms with Crippen LogP contribution < -0.4 is 5.73 Å². The second-order valence-electron chi connectivity index (χ2n) is 5.75. The van der Waals surface area contributed by atoms with E-state index in [2.05, 4.69) is 0 Å². The molecule has 0 aromatic heterocycles. The fraction of sp³-hybridized carbons (Fsp3) is 0.167. The topological polar surface area (TPSA) is 86.5 Å². The first-order valence-corrected chi connectivity index (χ1v) is 9.78. The molecule has 130 valence electrons. The summed E-state index contributed by atoms with van der Waals surface area (Å²) in [5.74, 6) is -0.418. The molecular formula is C18H16ClNO4S. The summed E-state index contributed by atoms with van der Waals surface area (Å²) >= 11 is 6.12. The van der Waals surface area contributed by atoms with Gasteiger partial charge in [0.25, 0.3) is 0 Å². The van der Waals surface area contributed by atoms with Gasteiger partial charge in [0.15, 0.2) is 9.84 Å². The van der Waals surface area contributed by atoms with Gasteiger partial charge in [-0.15, -0.1) is 0 Å². The average Bonchev–Trinajstić information content (AvgIpc) is 2.95. The molecule has 0 saturated heterocycles. The lowest BCUT2D eigenvalue weighted by molar-refractivity contribution is -0.133. The summed E-state index contributed by atoms with van der Waals surface area (Å²) in [7, 11) is -3.42. The molecular weight excluding hydrogens is 362 g/mol. The fourth-order valence-corrected chi connectivity index (χ4v) is 4.05. The number of benzene rings is 2. The van der Waals surface area contributed by atoms with Crippen LogP contribution in [0.5, 0.6) is 0 Å². The SMILES string of the molecule is CS(=O)(=O)c1ccc(C2=C(c3ccc(CN)cc3)C(=O)OC2)cc1Cl. The fourth-order valence-electron chi connectivity index (χ4n) is 2.72. The Morgan fingerprint density at radius 1 is 1.12 bits per heavy atom. The Labute approximate surface area is 151 Å². The van der Waals surface area contributed by atoms with Gasteiger partial charge >= 0.3 is 5.97 Å². The van der Waals surface area contributed by atoms with Crippen molar-refractivity contribution in [3.63, 3.8) is 0 Å². The van der Waals surface area contributed by atoms with Crippen LogP contribution in [0.3, 0.4) is 0 Å². The average molecular weight is 378 g/mol. The molecule has 0 saturated carbocycles. The highest BCUT2D eigenvalue weighted by atomic mass is 35.5. The van der Waals surface area contributed by atoms with Crippen LogP contribution in [0, 0.1) is 0 Å². The second kappa shape index (κ2) is 6.63. The molecule has 0 amide bonds. The molecule has 3 rings (SSSR count). The van der Waals surface area contributed by atoms with Crippen molar-refractivity contribution in [1.29, 1.82) is 0 Å². The number of cyclic esters (lactones) is 1. The van der Waals surface area contributed by atoms with Gasteiger partial charge in [-0.2, -0.15) is 0 Å². The normalized spacial score (nSPS) is 14.8. The summed E-state index contributed by atoms with van der Waals surface area (Å²) in [5.41, 5.74) is 9.05. The maximum absolute atomic E-state index is 12.2. The van der Waals surface area contributed by atoms with E-state index in [9.17, 15) is 13.2 Å². The Morgan fingerprint density at radius 2 is 1.76 bits per heavy atom. The summed E-state index contributed by atoms with van der Waals surface area (Å²) < 4.78 is 28.6. The minimum Gasteiger partial charge on any atom is -0.457 e. The van der Waals surface area contributed by atoms with E-state index in [1.807, 2.05) is 24.3 Å². The van der Waals surface area contributed by atoms with E-state index >= 15 is 0 Å². The Hall–Kier alpha value is -2.15. The Balaban J connectivity index is 2.11. The number of rotatable bonds is 4. The van der Waals surface area contributed by atoms with Crippen LogP contribution in [0.2, 0.25) is 5.02 Å². The number of halogens is 1. The third kappa shape index (κ3) is 3.46. The molecule has 0 unspecified atom stereocenters. The number of nitrogens with two attached hydrogens (primary N) is 1. The number of carbonyl (C=O) groups excluding carboxylic acids is 1. The van der Waals surface area contributed by atoms with Crippen LogP contribution in [0.25, 0.3) is 11.1 Å². The van der Waals surface area contributed by atoms with Gasteiger partial charge in [0, 0.05) is 18.4 Å². The Bertz CT molecular complexity index is 979. The van der Waals surface area contributed by atoms with E-state index in [0.29, 0.717) is 23.3 Å². The van der Waals surface area contributed by atoms with Gasteiger partial charge in [0.1, 0.15) is 6.61 Å². The number of esters is 1. The predicted octanol–water partition coefficient (Wildman–Crippen LogP) is 2.67. The van der Waals surface area contributed by atoms with Crippen LogP contribution in [0.15, 0.2) is 47.4 Å². The molecule has 1 heterocycles. The zero-order chi connectivity index (χ0) is 18.2. The van der Waals surface area contributed by atoms with E-state index in [-0.39, 0.29) is 16.5 Å². The molecule has 2 N–H and O–H groups in total. The maximum atomic E-state index is 12.2. The summed E-state index contributed by atoms with van der Waals surface area (Å²) in [4.78, 5) is 12.2. The summed E-state index contributed by atoms with van der Waals surface area (Å²) in [5, 5.41) is 0.115. The minimum absolute atomic E-state index is 0.0533. The molecule has 0 spiro atoms. The molecule has 1 aliphatic rings. The van der Waals surface area contributed by atoms with Gasteiger partial charge in [-0.3, -0.25) is 0 Å². The van der Waals surface area contributed by atoms with E-state index in [0.717, 1.165) is 17.4 Å². The van der Waals surface area contributed by atoms with Gasteiger partial charge in [-0.05, 0) is 28.8 Å². The minimum atomic E-state index is -3.42. The highest BCUT2D eigenvalue weighted by Crippen LogP contribution is 2.35. The number of hydrogen-bond acceptors (Lipinski definition) is 5. The first kappa shape index (κ1) is 17.7. The summed E-state index contributed by atoms with van der Waals surface area (Å²) in [6.07, 6.45) is 1.10. The number of hydrogen-bond donors (Lipinski definition) is 1. The van der Waals surface area contributed by atoms with Crippen LogP contribution in [-0.2, 0) is 25.9 Å². The molecule has 0 fully saturated rings. The first-order chi connectivity index (χ1) is 11.8. The molecule has 1 aliphatic heterocycles. The third-order valence-corrected chi connectivity index (χ3v) is 5.59. The molecule has 0 bridgehead atoms. The van der Waals surface area contributed by atoms with Crippen LogP contribution >= 0.6 is 11.6 Å². The lowest BCUT2D eigenvalue weighted by Gasteiger charge is -2.08. The van der Waals surface area contributed by atoms with Gasteiger partial charge < -0.3 is 10.5 Å². The van der Waals surface area contributed by atoms with Crippen molar-refractivity contribution < 1.29 is 17.9 Å². The molecule has 7 heteroatoms.